The zero-order chi connectivity index (χ0) is 14.0. The van der Waals surface area contributed by atoms with Gasteiger partial charge in [0.05, 0.1) is 0 Å². The summed E-state index contributed by atoms with van der Waals surface area (Å²) in [6.07, 6.45) is 2.56. The van der Waals surface area contributed by atoms with Crippen LogP contribution in [0.3, 0.4) is 0 Å². The molecule has 0 aromatic rings. The van der Waals surface area contributed by atoms with Gasteiger partial charge in [-0.2, -0.15) is 0 Å². The molecule has 0 spiro atoms. The molecule has 1 saturated heterocycles. The highest BCUT2D eigenvalue weighted by Crippen LogP contribution is 2.27. The van der Waals surface area contributed by atoms with Crippen molar-refractivity contribution in [1.29, 1.82) is 0 Å². The number of carbonyl (C=O) groups is 2. The highest BCUT2D eigenvalue weighted by molar-refractivity contribution is 5.82. The second kappa shape index (κ2) is 5.77. The molecule has 0 aromatic heterocycles. The minimum atomic E-state index is -0.972. The highest BCUT2D eigenvalue weighted by Gasteiger charge is 2.33. The molecule has 6 heteroatoms. The van der Waals surface area contributed by atoms with Crippen molar-refractivity contribution < 1.29 is 14.7 Å². The van der Waals surface area contributed by atoms with Crippen LogP contribution in [0.4, 0.5) is 4.79 Å². The predicted molar refractivity (Wildman–Crippen MR) is 71.0 cm³/mol. The molecule has 0 radical (unpaired) electrons. The number of aliphatic carboxylic acids is 1. The lowest BCUT2D eigenvalue weighted by atomic mass is 10.1. The summed E-state index contributed by atoms with van der Waals surface area (Å²) in [7, 11) is 0. The number of hydrogen-bond acceptors (Lipinski definition) is 3. The zero-order valence-corrected chi connectivity index (χ0v) is 11.6. The molecule has 6 nitrogen and oxygen atoms in total. The number of amides is 2. The van der Waals surface area contributed by atoms with Crippen LogP contribution in [-0.2, 0) is 4.79 Å². The largest absolute Gasteiger partial charge is 0.480 e. The van der Waals surface area contributed by atoms with E-state index in [1.165, 1.54) is 12.8 Å². The SMILES string of the molecule is CC(C)[C@@H](NC(=O)N1CCN(C2CC2)CC1)C(=O)O. The summed E-state index contributed by atoms with van der Waals surface area (Å²) in [4.78, 5) is 27.2. The summed E-state index contributed by atoms with van der Waals surface area (Å²) < 4.78 is 0. The van der Waals surface area contributed by atoms with E-state index in [2.05, 4.69) is 10.2 Å². The first-order valence-electron chi connectivity index (χ1n) is 7.01. The maximum Gasteiger partial charge on any atom is 0.326 e. The average Bonchev–Trinajstić information content (AvgIpc) is 3.19. The first-order valence-corrected chi connectivity index (χ1v) is 7.01. The van der Waals surface area contributed by atoms with Crippen LogP contribution in [0.2, 0.25) is 0 Å². The first-order chi connectivity index (χ1) is 8.99. The van der Waals surface area contributed by atoms with E-state index in [0.29, 0.717) is 13.1 Å². The van der Waals surface area contributed by atoms with Crippen LogP contribution in [0, 0.1) is 5.92 Å². The van der Waals surface area contributed by atoms with Gasteiger partial charge in [-0.15, -0.1) is 0 Å². The molecule has 2 aliphatic rings. The van der Waals surface area contributed by atoms with E-state index in [0.717, 1.165) is 19.1 Å². The molecule has 1 saturated carbocycles. The van der Waals surface area contributed by atoms with Crippen molar-refractivity contribution in [2.24, 2.45) is 5.92 Å². The molecule has 108 valence electrons. The van der Waals surface area contributed by atoms with Gasteiger partial charge in [-0.1, -0.05) is 13.8 Å². The third-order valence-electron chi connectivity index (χ3n) is 3.88. The third kappa shape index (κ3) is 3.59. The topological polar surface area (TPSA) is 72.9 Å². The van der Waals surface area contributed by atoms with Crippen molar-refractivity contribution in [2.45, 2.75) is 38.8 Å². The van der Waals surface area contributed by atoms with Gasteiger partial charge in [0.1, 0.15) is 6.04 Å². The molecule has 1 aliphatic carbocycles. The Morgan fingerprint density at radius 1 is 1.16 bits per heavy atom. The molecule has 2 rings (SSSR count). The maximum absolute atomic E-state index is 12.0. The lowest BCUT2D eigenvalue weighted by molar-refractivity contribution is -0.140. The fourth-order valence-corrected chi connectivity index (χ4v) is 2.47. The van der Waals surface area contributed by atoms with Gasteiger partial charge < -0.3 is 15.3 Å². The lowest BCUT2D eigenvalue weighted by Crippen LogP contribution is -2.55. The second-order valence-corrected chi connectivity index (χ2v) is 5.76. The van der Waals surface area contributed by atoms with Crippen LogP contribution in [0.25, 0.3) is 0 Å². The van der Waals surface area contributed by atoms with Crippen LogP contribution in [0.15, 0.2) is 0 Å². The number of hydrogen-bond donors (Lipinski definition) is 2. The number of carbonyl (C=O) groups excluding carboxylic acids is 1. The van der Waals surface area contributed by atoms with Crippen molar-refractivity contribution in [3.8, 4) is 0 Å². The third-order valence-corrected chi connectivity index (χ3v) is 3.88. The van der Waals surface area contributed by atoms with E-state index in [4.69, 9.17) is 5.11 Å². The molecule has 1 aliphatic heterocycles. The molecule has 0 bridgehead atoms. The summed E-state index contributed by atoms with van der Waals surface area (Å²) in [5, 5.41) is 11.7. The lowest BCUT2D eigenvalue weighted by Gasteiger charge is -2.35. The smallest absolute Gasteiger partial charge is 0.326 e. The Kier molecular flexibility index (Phi) is 4.29. The summed E-state index contributed by atoms with van der Waals surface area (Å²) in [6, 6.07) is -0.335. The molecule has 2 fully saturated rings. The molecule has 2 amide bonds. The standard InChI is InChI=1S/C13H23N3O3/c1-9(2)11(12(17)18)14-13(19)16-7-5-15(6-8-16)10-3-4-10/h9-11H,3-8H2,1-2H3,(H,14,19)(H,17,18)/t11-/m1/s1. The van der Waals surface area contributed by atoms with Crippen molar-refractivity contribution >= 4 is 12.0 Å². The minimum Gasteiger partial charge on any atom is -0.480 e. The second-order valence-electron chi connectivity index (χ2n) is 5.76. The van der Waals surface area contributed by atoms with Crippen LogP contribution >= 0.6 is 0 Å². The summed E-state index contributed by atoms with van der Waals surface area (Å²) in [6.45, 7) is 6.77. The normalized spacial score (nSPS) is 22.4. The summed E-state index contributed by atoms with van der Waals surface area (Å²) in [5.74, 6) is -1.09. The number of nitrogens with zero attached hydrogens (tertiary/aromatic N) is 2. The van der Waals surface area contributed by atoms with E-state index >= 15 is 0 Å². The first kappa shape index (κ1) is 14.1. The van der Waals surface area contributed by atoms with Gasteiger partial charge in [-0.25, -0.2) is 9.59 Å². The Labute approximate surface area is 113 Å². The average molecular weight is 269 g/mol. The van der Waals surface area contributed by atoms with Crippen LogP contribution < -0.4 is 5.32 Å². The van der Waals surface area contributed by atoms with Crippen molar-refractivity contribution in [1.82, 2.24) is 15.1 Å². The van der Waals surface area contributed by atoms with Crippen molar-refractivity contribution in [3.63, 3.8) is 0 Å². The van der Waals surface area contributed by atoms with Crippen molar-refractivity contribution in [3.05, 3.63) is 0 Å². The van der Waals surface area contributed by atoms with Crippen LogP contribution in [0.5, 0.6) is 0 Å². The molecule has 19 heavy (non-hydrogen) atoms. The maximum atomic E-state index is 12.0. The van der Waals surface area contributed by atoms with Gasteiger partial charge in [-0.05, 0) is 18.8 Å². The fraction of sp³-hybridized carbons (Fsp3) is 0.846. The number of carboxylic acid groups (broad SMARTS) is 1. The molecule has 0 aromatic carbocycles. The Balaban J connectivity index is 1.81. The molecule has 2 N–H and O–H groups in total. The van der Waals surface area contributed by atoms with Gasteiger partial charge in [-0.3, -0.25) is 4.90 Å². The van der Waals surface area contributed by atoms with E-state index in [1.807, 2.05) is 0 Å². The quantitative estimate of drug-likeness (QED) is 0.783. The van der Waals surface area contributed by atoms with Gasteiger partial charge in [0.15, 0.2) is 0 Å². The van der Waals surface area contributed by atoms with Gasteiger partial charge in [0, 0.05) is 32.2 Å². The monoisotopic (exact) mass is 269 g/mol. The number of piperazine rings is 1. The predicted octanol–water partition coefficient (Wildman–Crippen LogP) is 0.585. The summed E-state index contributed by atoms with van der Waals surface area (Å²) in [5.41, 5.74) is 0. The number of carboxylic acids is 1. The molecular weight excluding hydrogens is 246 g/mol. The zero-order valence-electron chi connectivity index (χ0n) is 11.6. The Morgan fingerprint density at radius 3 is 2.16 bits per heavy atom. The fourth-order valence-electron chi connectivity index (χ4n) is 2.47. The Morgan fingerprint density at radius 2 is 1.74 bits per heavy atom. The van der Waals surface area contributed by atoms with Crippen LogP contribution in [-0.4, -0.2) is 65.2 Å². The summed E-state index contributed by atoms with van der Waals surface area (Å²) >= 11 is 0. The van der Waals surface area contributed by atoms with Gasteiger partial charge in [0.25, 0.3) is 0 Å². The Hall–Kier alpha value is -1.30. The van der Waals surface area contributed by atoms with Crippen LogP contribution in [0.1, 0.15) is 26.7 Å². The number of urea groups is 1. The van der Waals surface area contributed by atoms with Gasteiger partial charge in [0.2, 0.25) is 0 Å². The Bertz CT molecular complexity index is 347. The van der Waals surface area contributed by atoms with E-state index < -0.39 is 12.0 Å². The van der Waals surface area contributed by atoms with Gasteiger partial charge >= 0.3 is 12.0 Å². The highest BCUT2D eigenvalue weighted by atomic mass is 16.4. The molecule has 0 unspecified atom stereocenters. The number of nitrogens with one attached hydrogen (secondary N) is 1. The molecule has 1 heterocycles. The van der Waals surface area contributed by atoms with E-state index in [1.54, 1.807) is 18.7 Å². The van der Waals surface area contributed by atoms with Crippen molar-refractivity contribution in [2.75, 3.05) is 26.2 Å². The number of rotatable bonds is 4. The van der Waals surface area contributed by atoms with E-state index in [-0.39, 0.29) is 11.9 Å². The molecule has 1 atom stereocenters. The minimum absolute atomic E-state index is 0.116. The molecular formula is C13H23N3O3. The van der Waals surface area contributed by atoms with E-state index in [9.17, 15) is 9.59 Å².